The number of nitrogens with one attached hydrogen (secondary N) is 1. The van der Waals surface area contributed by atoms with Crippen LogP contribution >= 0.6 is 11.3 Å². The minimum Gasteiger partial charge on any atom is -0.351 e. The lowest BCUT2D eigenvalue weighted by molar-refractivity contribution is -0.137. The molecule has 1 unspecified atom stereocenters. The number of alkyl halides is 3. The first-order chi connectivity index (χ1) is 13.8. The average Bonchev–Trinajstić information content (AvgIpc) is 3.07. The Morgan fingerprint density at radius 2 is 2.00 bits per heavy atom. The van der Waals surface area contributed by atoms with Gasteiger partial charge in [-0.3, -0.25) is 4.79 Å². The molecule has 1 amide bonds. The molecule has 8 heteroatoms. The predicted molar refractivity (Wildman–Crippen MR) is 109 cm³/mol. The molecule has 1 aliphatic rings. The third-order valence-electron chi connectivity index (χ3n) is 5.31. The summed E-state index contributed by atoms with van der Waals surface area (Å²) in [5.74, 6) is -0.176. The molecule has 158 valence electrons. The summed E-state index contributed by atoms with van der Waals surface area (Å²) < 4.78 is 38.1. The standard InChI is InChI=1S/C21H26F3N3OS/c1-14-6-3-4-12-27(14)13-5-11-25-19(28)18-15(2)26-20(29-18)16-7-9-17(10-8-16)21(22,23)24/h7-10,14H,3-6,11-13H2,1-2H3,(H,25,28). The molecule has 1 aliphatic heterocycles. The number of aryl methyl sites for hydroxylation is 1. The molecule has 1 aromatic heterocycles. The number of amides is 1. The third-order valence-corrected chi connectivity index (χ3v) is 6.52. The maximum absolute atomic E-state index is 12.7. The van der Waals surface area contributed by atoms with Gasteiger partial charge in [-0.05, 0) is 51.8 Å². The zero-order valence-electron chi connectivity index (χ0n) is 16.7. The van der Waals surface area contributed by atoms with Crippen LogP contribution in [0.15, 0.2) is 24.3 Å². The Morgan fingerprint density at radius 3 is 2.66 bits per heavy atom. The minimum atomic E-state index is -4.37. The van der Waals surface area contributed by atoms with Gasteiger partial charge in [-0.15, -0.1) is 11.3 Å². The van der Waals surface area contributed by atoms with Crippen molar-refractivity contribution >= 4 is 17.2 Å². The molecule has 0 radical (unpaired) electrons. The Kier molecular flexibility index (Phi) is 6.95. The van der Waals surface area contributed by atoms with Gasteiger partial charge in [0.2, 0.25) is 0 Å². The van der Waals surface area contributed by atoms with E-state index in [1.165, 1.54) is 42.7 Å². The normalized spacial score (nSPS) is 18.0. The molecule has 3 rings (SSSR count). The van der Waals surface area contributed by atoms with Crippen molar-refractivity contribution in [2.24, 2.45) is 0 Å². The number of halogens is 3. The summed E-state index contributed by atoms with van der Waals surface area (Å²) in [7, 11) is 0. The molecule has 0 bridgehead atoms. The SMILES string of the molecule is Cc1nc(-c2ccc(C(F)(F)F)cc2)sc1C(=O)NCCCN1CCCCC1C. The van der Waals surface area contributed by atoms with Gasteiger partial charge >= 0.3 is 6.18 Å². The highest BCUT2D eigenvalue weighted by Crippen LogP contribution is 2.33. The van der Waals surface area contributed by atoms with Gasteiger partial charge in [0.05, 0.1) is 11.3 Å². The fourth-order valence-corrected chi connectivity index (χ4v) is 4.57. The van der Waals surface area contributed by atoms with Crippen LogP contribution < -0.4 is 5.32 Å². The molecule has 1 fully saturated rings. The van der Waals surface area contributed by atoms with E-state index in [2.05, 4.69) is 22.1 Å². The summed E-state index contributed by atoms with van der Waals surface area (Å²) in [6.45, 7) is 6.68. The molecule has 1 N–H and O–H groups in total. The molecular weight excluding hydrogens is 399 g/mol. The predicted octanol–water partition coefficient (Wildman–Crippen LogP) is 5.13. The van der Waals surface area contributed by atoms with E-state index in [1.807, 2.05) is 0 Å². The van der Waals surface area contributed by atoms with E-state index in [0.717, 1.165) is 31.6 Å². The van der Waals surface area contributed by atoms with Crippen LogP contribution in [0.4, 0.5) is 13.2 Å². The van der Waals surface area contributed by atoms with Crippen molar-refractivity contribution in [3.8, 4) is 10.6 Å². The van der Waals surface area contributed by atoms with Gasteiger partial charge in [0.15, 0.2) is 0 Å². The summed E-state index contributed by atoms with van der Waals surface area (Å²) in [4.78, 5) is 19.9. The highest BCUT2D eigenvalue weighted by Gasteiger charge is 2.30. The Hall–Kier alpha value is -1.93. The molecule has 0 spiro atoms. The van der Waals surface area contributed by atoms with Crippen LogP contribution in [0.1, 0.15) is 53.5 Å². The van der Waals surface area contributed by atoms with Crippen LogP contribution in [-0.4, -0.2) is 41.5 Å². The number of hydrogen-bond donors (Lipinski definition) is 1. The molecule has 2 aromatic rings. The molecule has 4 nitrogen and oxygen atoms in total. The molecule has 2 heterocycles. The highest BCUT2D eigenvalue weighted by atomic mass is 32.1. The molecule has 1 aromatic carbocycles. The maximum Gasteiger partial charge on any atom is 0.416 e. The van der Waals surface area contributed by atoms with E-state index in [4.69, 9.17) is 0 Å². The molecule has 1 saturated heterocycles. The number of carbonyl (C=O) groups is 1. The van der Waals surface area contributed by atoms with Crippen LogP contribution in [-0.2, 0) is 6.18 Å². The van der Waals surface area contributed by atoms with Crippen LogP contribution in [0.5, 0.6) is 0 Å². The number of aromatic nitrogens is 1. The van der Waals surface area contributed by atoms with E-state index in [9.17, 15) is 18.0 Å². The summed E-state index contributed by atoms with van der Waals surface area (Å²) in [5, 5.41) is 3.49. The molecular formula is C21H26F3N3OS. The van der Waals surface area contributed by atoms with Crippen LogP contribution in [0.3, 0.4) is 0 Å². The Labute approximate surface area is 173 Å². The van der Waals surface area contributed by atoms with Crippen LogP contribution in [0.2, 0.25) is 0 Å². The first kappa shape index (κ1) is 21.8. The lowest BCUT2D eigenvalue weighted by Gasteiger charge is -2.33. The fraction of sp³-hybridized carbons (Fsp3) is 0.524. The van der Waals surface area contributed by atoms with Crippen molar-refractivity contribution in [2.75, 3.05) is 19.6 Å². The van der Waals surface area contributed by atoms with Gasteiger partial charge in [0, 0.05) is 24.7 Å². The lowest BCUT2D eigenvalue weighted by atomic mass is 10.0. The van der Waals surface area contributed by atoms with E-state index in [-0.39, 0.29) is 5.91 Å². The summed E-state index contributed by atoms with van der Waals surface area (Å²) in [6, 6.07) is 5.46. The third kappa shape index (κ3) is 5.57. The quantitative estimate of drug-likeness (QED) is 0.653. The smallest absolute Gasteiger partial charge is 0.351 e. The van der Waals surface area contributed by atoms with Crippen LogP contribution in [0.25, 0.3) is 10.6 Å². The maximum atomic E-state index is 12.7. The van der Waals surface area contributed by atoms with Crippen molar-refractivity contribution in [2.45, 2.75) is 51.7 Å². The second-order valence-electron chi connectivity index (χ2n) is 7.50. The Balaban J connectivity index is 1.56. The molecule has 0 saturated carbocycles. The zero-order chi connectivity index (χ0) is 21.0. The van der Waals surface area contributed by atoms with Crippen molar-refractivity contribution in [1.82, 2.24) is 15.2 Å². The topological polar surface area (TPSA) is 45.2 Å². The summed E-state index contributed by atoms with van der Waals surface area (Å²) in [6.07, 6.45) is 0.289. The second-order valence-corrected chi connectivity index (χ2v) is 8.50. The van der Waals surface area contributed by atoms with Crippen molar-refractivity contribution in [3.63, 3.8) is 0 Å². The Bertz CT molecular complexity index is 833. The molecule has 1 atom stereocenters. The minimum absolute atomic E-state index is 0.176. The van der Waals surface area contributed by atoms with Gasteiger partial charge in [0.25, 0.3) is 5.91 Å². The molecule has 29 heavy (non-hydrogen) atoms. The average molecular weight is 426 g/mol. The van der Waals surface area contributed by atoms with Crippen molar-refractivity contribution in [3.05, 3.63) is 40.4 Å². The number of hydrogen-bond acceptors (Lipinski definition) is 4. The summed E-state index contributed by atoms with van der Waals surface area (Å²) >= 11 is 1.21. The molecule has 0 aliphatic carbocycles. The van der Waals surface area contributed by atoms with Gasteiger partial charge in [-0.1, -0.05) is 18.6 Å². The van der Waals surface area contributed by atoms with E-state index >= 15 is 0 Å². The van der Waals surface area contributed by atoms with Crippen molar-refractivity contribution < 1.29 is 18.0 Å². The Morgan fingerprint density at radius 1 is 1.28 bits per heavy atom. The summed E-state index contributed by atoms with van der Waals surface area (Å²) in [5.41, 5.74) is 0.465. The van der Waals surface area contributed by atoms with E-state index in [0.29, 0.717) is 33.7 Å². The van der Waals surface area contributed by atoms with Crippen LogP contribution in [0, 0.1) is 6.92 Å². The number of rotatable bonds is 6. The first-order valence-electron chi connectivity index (χ1n) is 9.93. The zero-order valence-corrected chi connectivity index (χ0v) is 17.5. The number of carbonyl (C=O) groups excluding carboxylic acids is 1. The fourth-order valence-electron chi connectivity index (χ4n) is 3.59. The largest absolute Gasteiger partial charge is 0.416 e. The highest BCUT2D eigenvalue weighted by molar-refractivity contribution is 7.17. The van der Waals surface area contributed by atoms with Gasteiger partial charge in [-0.25, -0.2) is 4.98 Å². The number of likely N-dealkylation sites (tertiary alicyclic amines) is 1. The first-order valence-corrected chi connectivity index (χ1v) is 10.7. The van der Waals surface area contributed by atoms with Gasteiger partial charge in [-0.2, -0.15) is 13.2 Å². The lowest BCUT2D eigenvalue weighted by Crippen LogP contribution is -2.39. The van der Waals surface area contributed by atoms with Gasteiger partial charge in [0.1, 0.15) is 9.88 Å². The number of benzene rings is 1. The number of thiazole rings is 1. The number of piperidine rings is 1. The monoisotopic (exact) mass is 425 g/mol. The number of nitrogens with zero attached hydrogens (tertiary/aromatic N) is 2. The van der Waals surface area contributed by atoms with E-state index in [1.54, 1.807) is 6.92 Å². The second kappa shape index (κ2) is 9.26. The van der Waals surface area contributed by atoms with Crippen molar-refractivity contribution in [1.29, 1.82) is 0 Å². The van der Waals surface area contributed by atoms with Gasteiger partial charge < -0.3 is 10.2 Å². The van der Waals surface area contributed by atoms with E-state index < -0.39 is 11.7 Å².